The SMILES string of the molecule is COc1ccc(OCC(NC(=O)c2cccnc2)c2cccc(F)c2)cc1. The minimum absolute atomic E-state index is 0.141. The van der Waals surface area contributed by atoms with E-state index in [1.807, 2.05) is 0 Å². The maximum Gasteiger partial charge on any atom is 0.253 e. The standard InChI is InChI=1S/C21H19FN2O3/c1-26-18-7-9-19(10-8-18)27-14-20(15-4-2-6-17(22)12-15)24-21(25)16-5-3-11-23-13-16/h2-13,20H,14H2,1H3,(H,24,25). The largest absolute Gasteiger partial charge is 0.497 e. The molecule has 0 aliphatic carbocycles. The van der Waals surface area contributed by atoms with Crippen LogP contribution in [-0.2, 0) is 0 Å². The van der Waals surface area contributed by atoms with Gasteiger partial charge in [-0.3, -0.25) is 9.78 Å². The quantitative estimate of drug-likeness (QED) is 0.691. The molecule has 5 nitrogen and oxygen atoms in total. The Morgan fingerprint density at radius 2 is 1.89 bits per heavy atom. The molecule has 27 heavy (non-hydrogen) atoms. The molecular weight excluding hydrogens is 347 g/mol. The van der Waals surface area contributed by atoms with E-state index in [0.717, 1.165) is 0 Å². The maximum atomic E-state index is 13.7. The number of hydrogen-bond donors (Lipinski definition) is 1. The molecule has 1 amide bonds. The van der Waals surface area contributed by atoms with Crippen molar-refractivity contribution in [2.24, 2.45) is 0 Å². The number of carbonyl (C=O) groups excluding carboxylic acids is 1. The molecule has 0 fully saturated rings. The molecule has 1 heterocycles. The number of methoxy groups -OCH3 is 1. The van der Waals surface area contributed by atoms with Crippen molar-refractivity contribution in [2.45, 2.75) is 6.04 Å². The number of hydrogen-bond acceptors (Lipinski definition) is 4. The molecule has 138 valence electrons. The first-order valence-corrected chi connectivity index (χ1v) is 8.39. The van der Waals surface area contributed by atoms with Gasteiger partial charge in [0.15, 0.2) is 0 Å². The van der Waals surface area contributed by atoms with Crippen LogP contribution >= 0.6 is 0 Å². The Morgan fingerprint density at radius 3 is 2.56 bits per heavy atom. The van der Waals surface area contributed by atoms with Crippen molar-refractivity contribution in [1.82, 2.24) is 10.3 Å². The molecule has 0 saturated carbocycles. The van der Waals surface area contributed by atoms with E-state index in [2.05, 4.69) is 10.3 Å². The molecular formula is C21H19FN2O3. The predicted molar refractivity (Wildman–Crippen MR) is 99.3 cm³/mol. The number of amides is 1. The van der Waals surface area contributed by atoms with Crippen LogP contribution in [0.15, 0.2) is 73.1 Å². The molecule has 1 aromatic heterocycles. The maximum absolute atomic E-state index is 13.7. The lowest BCUT2D eigenvalue weighted by atomic mass is 10.1. The van der Waals surface area contributed by atoms with E-state index in [0.29, 0.717) is 22.6 Å². The topological polar surface area (TPSA) is 60.5 Å². The van der Waals surface area contributed by atoms with Gasteiger partial charge in [-0.1, -0.05) is 12.1 Å². The Hall–Kier alpha value is -3.41. The van der Waals surface area contributed by atoms with Crippen LogP contribution in [0.3, 0.4) is 0 Å². The summed E-state index contributed by atoms with van der Waals surface area (Å²) in [4.78, 5) is 16.4. The molecule has 0 bridgehead atoms. The second-order valence-corrected chi connectivity index (χ2v) is 5.81. The number of halogens is 1. The number of rotatable bonds is 7. The third-order valence-corrected chi connectivity index (χ3v) is 3.96. The summed E-state index contributed by atoms with van der Waals surface area (Å²) in [5.74, 6) is 0.648. The Labute approximate surface area is 156 Å². The molecule has 0 aliphatic heterocycles. The summed E-state index contributed by atoms with van der Waals surface area (Å²) in [6, 6.07) is 16.0. The lowest BCUT2D eigenvalue weighted by Crippen LogP contribution is -2.32. The molecule has 0 spiro atoms. The van der Waals surface area contributed by atoms with Crippen LogP contribution in [0, 0.1) is 5.82 Å². The summed E-state index contributed by atoms with van der Waals surface area (Å²) in [6.45, 7) is 0.141. The highest BCUT2D eigenvalue weighted by molar-refractivity contribution is 5.94. The zero-order chi connectivity index (χ0) is 19.1. The highest BCUT2D eigenvalue weighted by Crippen LogP contribution is 2.20. The first kappa shape index (κ1) is 18.4. The number of ether oxygens (including phenoxy) is 2. The first-order chi connectivity index (χ1) is 13.2. The van der Waals surface area contributed by atoms with Crippen LogP contribution < -0.4 is 14.8 Å². The number of benzene rings is 2. The number of aromatic nitrogens is 1. The normalized spacial score (nSPS) is 11.5. The van der Waals surface area contributed by atoms with Gasteiger partial charge in [-0.25, -0.2) is 4.39 Å². The van der Waals surface area contributed by atoms with Gasteiger partial charge >= 0.3 is 0 Å². The van der Waals surface area contributed by atoms with Gasteiger partial charge in [0.2, 0.25) is 0 Å². The second kappa shape index (κ2) is 8.80. The summed E-state index contributed by atoms with van der Waals surface area (Å²) in [6.07, 6.45) is 3.07. The molecule has 6 heteroatoms. The summed E-state index contributed by atoms with van der Waals surface area (Å²) >= 11 is 0. The van der Waals surface area contributed by atoms with E-state index in [4.69, 9.17) is 9.47 Å². The first-order valence-electron chi connectivity index (χ1n) is 8.39. The van der Waals surface area contributed by atoms with E-state index in [9.17, 15) is 9.18 Å². The van der Waals surface area contributed by atoms with Crippen molar-refractivity contribution in [3.8, 4) is 11.5 Å². The average Bonchev–Trinajstić information content (AvgIpc) is 2.72. The second-order valence-electron chi connectivity index (χ2n) is 5.81. The molecule has 1 N–H and O–H groups in total. The highest BCUT2D eigenvalue weighted by Gasteiger charge is 2.17. The van der Waals surface area contributed by atoms with Crippen molar-refractivity contribution in [3.05, 3.63) is 90.0 Å². The highest BCUT2D eigenvalue weighted by atomic mass is 19.1. The fraction of sp³-hybridized carbons (Fsp3) is 0.143. The Kier molecular flexibility index (Phi) is 5.99. The summed E-state index contributed by atoms with van der Waals surface area (Å²) in [5.41, 5.74) is 1.03. The number of carbonyl (C=O) groups is 1. The predicted octanol–water partition coefficient (Wildman–Crippen LogP) is 3.78. The number of pyridine rings is 1. The van der Waals surface area contributed by atoms with Gasteiger partial charge in [0.05, 0.1) is 18.7 Å². The van der Waals surface area contributed by atoms with Crippen LogP contribution in [0.25, 0.3) is 0 Å². The van der Waals surface area contributed by atoms with Gasteiger partial charge < -0.3 is 14.8 Å². The minimum atomic E-state index is -0.532. The summed E-state index contributed by atoms with van der Waals surface area (Å²) in [7, 11) is 1.59. The van der Waals surface area contributed by atoms with Crippen molar-refractivity contribution >= 4 is 5.91 Å². The van der Waals surface area contributed by atoms with Crippen LogP contribution in [-0.4, -0.2) is 24.6 Å². The van der Waals surface area contributed by atoms with Gasteiger partial charge in [0.25, 0.3) is 5.91 Å². The Balaban J connectivity index is 1.75. The summed E-state index contributed by atoms with van der Waals surface area (Å²) in [5, 5.41) is 2.87. The molecule has 2 aromatic carbocycles. The number of nitrogens with one attached hydrogen (secondary N) is 1. The lowest BCUT2D eigenvalue weighted by Gasteiger charge is -2.20. The molecule has 1 atom stereocenters. The van der Waals surface area contributed by atoms with Gasteiger partial charge in [-0.2, -0.15) is 0 Å². The van der Waals surface area contributed by atoms with Crippen LogP contribution in [0.5, 0.6) is 11.5 Å². The van der Waals surface area contributed by atoms with E-state index in [1.165, 1.54) is 18.3 Å². The molecule has 0 aliphatic rings. The smallest absolute Gasteiger partial charge is 0.253 e. The zero-order valence-electron chi connectivity index (χ0n) is 14.8. The Morgan fingerprint density at radius 1 is 1.11 bits per heavy atom. The lowest BCUT2D eigenvalue weighted by molar-refractivity contribution is 0.0920. The van der Waals surface area contributed by atoms with Gasteiger partial charge in [-0.05, 0) is 54.1 Å². The molecule has 3 rings (SSSR count). The van der Waals surface area contributed by atoms with Crippen LogP contribution in [0.4, 0.5) is 4.39 Å². The van der Waals surface area contributed by atoms with E-state index >= 15 is 0 Å². The fourth-order valence-electron chi connectivity index (χ4n) is 2.53. The van der Waals surface area contributed by atoms with E-state index < -0.39 is 6.04 Å². The van der Waals surface area contributed by atoms with Gasteiger partial charge in [-0.15, -0.1) is 0 Å². The molecule has 3 aromatic rings. The molecule has 1 unspecified atom stereocenters. The molecule has 0 saturated heterocycles. The van der Waals surface area contributed by atoms with Gasteiger partial charge in [0.1, 0.15) is 23.9 Å². The van der Waals surface area contributed by atoms with Crippen molar-refractivity contribution < 1.29 is 18.7 Å². The van der Waals surface area contributed by atoms with Crippen molar-refractivity contribution in [2.75, 3.05) is 13.7 Å². The van der Waals surface area contributed by atoms with Crippen LogP contribution in [0.1, 0.15) is 22.0 Å². The van der Waals surface area contributed by atoms with Crippen LogP contribution in [0.2, 0.25) is 0 Å². The number of nitrogens with zero attached hydrogens (tertiary/aromatic N) is 1. The minimum Gasteiger partial charge on any atom is -0.497 e. The van der Waals surface area contributed by atoms with Crippen molar-refractivity contribution in [3.63, 3.8) is 0 Å². The fourth-order valence-corrected chi connectivity index (χ4v) is 2.53. The van der Waals surface area contributed by atoms with Gasteiger partial charge in [0, 0.05) is 12.4 Å². The van der Waals surface area contributed by atoms with E-state index in [1.54, 1.807) is 61.8 Å². The average molecular weight is 366 g/mol. The zero-order valence-corrected chi connectivity index (χ0v) is 14.8. The summed E-state index contributed by atoms with van der Waals surface area (Å²) < 4.78 is 24.6. The third kappa shape index (κ3) is 5.04. The Bertz CT molecular complexity index is 885. The van der Waals surface area contributed by atoms with Crippen molar-refractivity contribution in [1.29, 1.82) is 0 Å². The molecule has 0 radical (unpaired) electrons. The monoisotopic (exact) mass is 366 g/mol. The third-order valence-electron chi connectivity index (χ3n) is 3.96. The van der Waals surface area contributed by atoms with E-state index in [-0.39, 0.29) is 18.3 Å².